The molecule has 0 aromatic heterocycles. The van der Waals surface area contributed by atoms with Crippen molar-refractivity contribution >= 4 is 17.3 Å². The number of methoxy groups -OCH3 is 1. The van der Waals surface area contributed by atoms with Gasteiger partial charge in [0.25, 0.3) is 0 Å². The van der Waals surface area contributed by atoms with Crippen LogP contribution >= 0.6 is 0 Å². The van der Waals surface area contributed by atoms with E-state index in [9.17, 15) is 9.90 Å². The number of anilines is 2. The molecule has 5 nitrogen and oxygen atoms in total. The second kappa shape index (κ2) is 4.63. The van der Waals surface area contributed by atoms with Gasteiger partial charge < -0.3 is 20.5 Å². The van der Waals surface area contributed by atoms with Gasteiger partial charge in [-0.25, -0.2) is 4.79 Å². The van der Waals surface area contributed by atoms with Crippen LogP contribution in [0.4, 0.5) is 11.4 Å². The highest BCUT2D eigenvalue weighted by Crippen LogP contribution is 2.31. The number of nitrogens with zero attached hydrogens (tertiary/aromatic N) is 1. The third-order valence-electron chi connectivity index (χ3n) is 2.95. The van der Waals surface area contributed by atoms with Crippen LogP contribution < -0.4 is 10.6 Å². The standard InChI is InChI=1S/C12H16N2O3/c1-17-12(16)9-3-2-4-10(13)11(9)14-6-5-8(15)7-14/h2-4,8,15H,5-7,13H2,1H3. The summed E-state index contributed by atoms with van der Waals surface area (Å²) in [5, 5.41) is 9.54. The Labute approximate surface area is 99.8 Å². The molecular weight excluding hydrogens is 220 g/mol. The molecule has 0 bridgehead atoms. The summed E-state index contributed by atoms with van der Waals surface area (Å²) in [6.07, 6.45) is 0.328. The van der Waals surface area contributed by atoms with Gasteiger partial charge in [-0.2, -0.15) is 0 Å². The first-order valence-electron chi connectivity index (χ1n) is 5.53. The molecule has 1 unspecified atom stereocenters. The highest BCUT2D eigenvalue weighted by Gasteiger charge is 2.26. The molecule has 1 fully saturated rings. The number of hydrogen-bond donors (Lipinski definition) is 2. The minimum atomic E-state index is -0.409. The van der Waals surface area contributed by atoms with Gasteiger partial charge in [0, 0.05) is 13.1 Å². The molecule has 1 saturated heterocycles. The first-order chi connectivity index (χ1) is 8.13. The summed E-state index contributed by atoms with van der Waals surface area (Å²) < 4.78 is 4.73. The second-order valence-electron chi connectivity index (χ2n) is 4.12. The second-order valence-corrected chi connectivity index (χ2v) is 4.12. The summed E-state index contributed by atoms with van der Waals surface area (Å²) in [5.74, 6) is -0.409. The lowest BCUT2D eigenvalue weighted by molar-refractivity contribution is 0.0601. The quantitative estimate of drug-likeness (QED) is 0.581. The maximum Gasteiger partial charge on any atom is 0.340 e. The van der Waals surface area contributed by atoms with Crippen LogP contribution in [0.25, 0.3) is 0 Å². The summed E-state index contributed by atoms with van der Waals surface area (Å²) in [6.45, 7) is 1.19. The van der Waals surface area contributed by atoms with Crippen LogP contribution in [-0.4, -0.2) is 37.4 Å². The van der Waals surface area contributed by atoms with Gasteiger partial charge in [0.1, 0.15) is 0 Å². The molecule has 0 spiro atoms. The van der Waals surface area contributed by atoms with Crippen LogP contribution in [0.3, 0.4) is 0 Å². The molecule has 5 heteroatoms. The first-order valence-corrected chi connectivity index (χ1v) is 5.53. The molecule has 0 amide bonds. The minimum absolute atomic E-state index is 0.361. The number of carbonyl (C=O) groups excluding carboxylic acids is 1. The zero-order valence-corrected chi connectivity index (χ0v) is 9.72. The molecule has 17 heavy (non-hydrogen) atoms. The monoisotopic (exact) mass is 236 g/mol. The predicted octanol–water partition coefficient (Wildman–Crippen LogP) is 0.626. The molecule has 1 aliphatic rings. The van der Waals surface area contributed by atoms with E-state index in [0.717, 1.165) is 0 Å². The van der Waals surface area contributed by atoms with Crippen LogP contribution in [-0.2, 0) is 4.74 Å². The SMILES string of the molecule is COC(=O)c1cccc(N)c1N1CCC(O)C1. The number of carbonyl (C=O) groups is 1. The number of hydrogen-bond acceptors (Lipinski definition) is 5. The lowest BCUT2D eigenvalue weighted by Crippen LogP contribution is -2.24. The average Bonchev–Trinajstić information content (AvgIpc) is 2.74. The number of β-amino-alcohol motifs (C(OH)–C–C–N with tert-alkyl or cyclic N) is 1. The molecule has 1 aromatic rings. The lowest BCUT2D eigenvalue weighted by atomic mass is 10.1. The maximum atomic E-state index is 11.7. The molecule has 1 heterocycles. The number of aliphatic hydroxyl groups excluding tert-OH is 1. The maximum absolute atomic E-state index is 11.7. The van der Waals surface area contributed by atoms with Crippen molar-refractivity contribution in [1.29, 1.82) is 0 Å². The molecule has 92 valence electrons. The number of benzene rings is 1. The van der Waals surface area contributed by atoms with Gasteiger partial charge in [-0.15, -0.1) is 0 Å². The zero-order valence-electron chi connectivity index (χ0n) is 9.72. The number of nitrogens with two attached hydrogens (primary N) is 1. The first kappa shape index (κ1) is 11.7. The van der Waals surface area contributed by atoms with Crippen molar-refractivity contribution in [3.63, 3.8) is 0 Å². The summed E-state index contributed by atoms with van der Waals surface area (Å²) >= 11 is 0. The van der Waals surface area contributed by atoms with Crippen molar-refractivity contribution in [1.82, 2.24) is 0 Å². The summed E-state index contributed by atoms with van der Waals surface area (Å²) in [7, 11) is 1.34. The Morgan fingerprint density at radius 2 is 2.35 bits per heavy atom. The molecular formula is C12H16N2O3. The van der Waals surface area contributed by atoms with Crippen LogP contribution in [0.1, 0.15) is 16.8 Å². The van der Waals surface area contributed by atoms with Crippen LogP contribution in [0.2, 0.25) is 0 Å². The molecule has 0 aliphatic carbocycles. The van der Waals surface area contributed by atoms with Crippen LogP contribution in [0.5, 0.6) is 0 Å². The van der Waals surface area contributed by atoms with Gasteiger partial charge in [0.15, 0.2) is 0 Å². The van der Waals surface area contributed by atoms with E-state index < -0.39 is 5.97 Å². The van der Waals surface area contributed by atoms with E-state index in [-0.39, 0.29) is 6.10 Å². The van der Waals surface area contributed by atoms with Gasteiger partial charge in [-0.05, 0) is 18.6 Å². The van der Waals surface area contributed by atoms with E-state index in [1.807, 2.05) is 4.90 Å². The Morgan fingerprint density at radius 1 is 1.59 bits per heavy atom. The Bertz CT molecular complexity index is 434. The Hall–Kier alpha value is -1.75. The fraction of sp³-hybridized carbons (Fsp3) is 0.417. The molecule has 1 aromatic carbocycles. The van der Waals surface area contributed by atoms with E-state index in [2.05, 4.69) is 0 Å². The highest BCUT2D eigenvalue weighted by atomic mass is 16.5. The summed E-state index contributed by atoms with van der Waals surface area (Å²) in [5.41, 5.74) is 7.55. The van der Waals surface area contributed by atoms with Gasteiger partial charge >= 0.3 is 5.97 Å². The van der Waals surface area contributed by atoms with E-state index in [4.69, 9.17) is 10.5 Å². The number of esters is 1. The normalized spacial score (nSPS) is 19.4. The highest BCUT2D eigenvalue weighted by molar-refractivity contribution is 5.99. The largest absolute Gasteiger partial charge is 0.465 e. The Balaban J connectivity index is 2.40. The van der Waals surface area contributed by atoms with E-state index >= 15 is 0 Å². The van der Waals surface area contributed by atoms with E-state index in [1.165, 1.54) is 7.11 Å². The summed E-state index contributed by atoms with van der Waals surface area (Å²) in [4.78, 5) is 13.6. The van der Waals surface area contributed by atoms with E-state index in [1.54, 1.807) is 18.2 Å². The van der Waals surface area contributed by atoms with Gasteiger partial charge in [0.05, 0.1) is 30.2 Å². The fourth-order valence-electron chi connectivity index (χ4n) is 2.13. The third kappa shape index (κ3) is 2.19. The Kier molecular flexibility index (Phi) is 3.19. The van der Waals surface area contributed by atoms with Crippen LogP contribution in [0, 0.1) is 0 Å². The lowest BCUT2D eigenvalue weighted by Gasteiger charge is -2.22. The number of nitrogen functional groups attached to an aromatic ring is 1. The topological polar surface area (TPSA) is 75.8 Å². The predicted molar refractivity (Wildman–Crippen MR) is 65.0 cm³/mol. The molecule has 1 aliphatic heterocycles. The number of aliphatic hydroxyl groups is 1. The van der Waals surface area contributed by atoms with Crippen LogP contribution in [0.15, 0.2) is 18.2 Å². The van der Waals surface area contributed by atoms with Crippen molar-refractivity contribution in [2.45, 2.75) is 12.5 Å². The molecule has 0 radical (unpaired) electrons. The number of para-hydroxylation sites is 1. The Morgan fingerprint density at radius 3 is 2.94 bits per heavy atom. The molecule has 0 saturated carbocycles. The van der Waals surface area contributed by atoms with Crippen molar-refractivity contribution in [2.24, 2.45) is 0 Å². The fourth-order valence-corrected chi connectivity index (χ4v) is 2.13. The van der Waals surface area contributed by atoms with Gasteiger partial charge in [-0.1, -0.05) is 6.07 Å². The van der Waals surface area contributed by atoms with Crippen molar-refractivity contribution in [3.05, 3.63) is 23.8 Å². The smallest absolute Gasteiger partial charge is 0.340 e. The number of ether oxygens (including phenoxy) is 1. The minimum Gasteiger partial charge on any atom is -0.465 e. The number of rotatable bonds is 2. The van der Waals surface area contributed by atoms with Gasteiger partial charge in [-0.3, -0.25) is 0 Å². The van der Waals surface area contributed by atoms with Gasteiger partial charge in [0.2, 0.25) is 0 Å². The van der Waals surface area contributed by atoms with Crippen molar-refractivity contribution in [2.75, 3.05) is 30.8 Å². The molecule has 1 atom stereocenters. The summed E-state index contributed by atoms with van der Waals surface area (Å²) in [6, 6.07) is 5.15. The molecule has 2 rings (SSSR count). The van der Waals surface area contributed by atoms with Crippen molar-refractivity contribution < 1.29 is 14.6 Å². The zero-order chi connectivity index (χ0) is 12.4. The average molecular weight is 236 g/mol. The van der Waals surface area contributed by atoms with E-state index in [0.29, 0.717) is 36.4 Å². The molecule has 3 N–H and O–H groups in total. The van der Waals surface area contributed by atoms with Crippen molar-refractivity contribution in [3.8, 4) is 0 Å². The third-order valence-corrected chi connectivity index (χ3v) is 2.95.